The van der Waals surface area contributed by atoms with Crippen LogP contribution >= 0.6 is 27.3 Å². The van der Waals surface area contributed by atoms with Gasteiger partial charge in [-0.15, -0.1) is 11.3 Å². The van der Waals surface area contributed by atoms with Crippen LogP contribution in [-0.4, -0.2) is 39.1 Å². The largest absolute Gasteiger partial charge is 0.311 e. The fraction of sp³-hybridized carbons (Fsp3) is 0.600. The first-order chi connectivity index (χ1) is 7.83. The summed E-state index contributed by atoms with van der Waals surface area (Å²) in [6.45, 7) is 3.23. The van der Waals surface area contributed by atoms with Gasteiger partial charge in [-0.2, -0.15) is 0 Å². The molecule has 17 heavy (non-hydrogen) atoms. The lowest BCUT2D eigenvalue weighted by atomic mass is 10.4. The molecule has 0 spiro atoms. The van der Waals surface area contributed by atoms with E-state index in [2.05, 4.69) is 34.2 Å². The number of hydrogen-bond donors (Lipinski definition) is 1. The Morgan fingerprint density at radius 2 is 2.12 bits per heavy atom. The molecule has 0 radical (unpaired) electrons. The van der Waals surface area contributed by atoms with Crippen molar-refractivity contribution in [2.75, 3.05) is 26.4 Å². The standard InChI is InChI=1S/C10H17BrN2O2S2/c1-8-10(11)6-9(16-8)7-12-4-5-17(14,15)13(2)3/h6,12H,4-5,7H2,1-3H3. The molecule has 0 fully saturated rings. The van der Waals surface area contributed by atoms with E-state index < -0.39 is 10.0 Å². The van der Waals surface area contributed by atoms with Crippen molar-refractivity contribution in [3.8, 4) is 0 Å². The molecule has 0 aliphatic heterocycles. The van der Waals surface area contributed by atoms with Gasteiger partial charge in [-0.3, -0.25) is 0 Å². The summed E-state index contributed by atoms with van der Waals surface area (Å²) in [5, 5.41) is 3.14. The normalized spacial score (nSPS) is 12.3. The van der Waals surface area contributed by atoms with Gasteiger partial charge in [0.15, 0.2) is 0 Å². The number of aryl methyl sites for hydroxylation is 1. The topological polar surface area (TPSA) is 49.4 Å². The van der Waals surface area contributed by atoms with E-state index in [1.807, 2.05) is 0 Å². The number of halogens is 1. The first-order valence-electron chi connectivity index (χ1n) is 5.18. The molecule has 98 valence electrons. The zero-order valence-electron chi connectivity index (χ0n) is 10.2. The van der Waals surface area contributed by atoms with E-state index in [0.29, 0.717) is 13.1 Å². The second-order valence-electron chi connectivity index (χ2n) is 3.89. The maximum Gasteiger partial charge on any atom is 0.214 e. The van der Waals surface area contributed by atoms with Gasteiger partial charge in [0.2, 0.25) is 10.0 Å². The third-order valence-electron chi connectivity index (χ3n) is 2.30. The van der Waals surface area contributed by atoms with Crippen molar-refractivity contribution >= 4 is 37.3 Å². The van der Waals surface area contributed by atoms with E-state index in [4.69, 9.17) is 0 Å². The van der Waals surface area contributed by atoms with Crippen LogP contribution in [0.5, 0.6) is 0 Å². The van der Waals surface area contributed by atoms with Crippen LogP contribution in [-0.2, 0) is 16.6 Å². The van der Waals surface area contributed by atoms with Gasteiger partial charge >= 0.3 is 0 Å². The summed E-state index contributed by atoms with van der Waals surface area (Å²) in [5.41, 5.74) is 0. The molecule has 7 heteroatoms. The SMILES string of the molecule is Cc1sc(CNCCS(=O)(=O)N(C)C)cc1Br. The fourth-order valence-corrected chi connectivity index (χ4v) is 3.54. The minimum atomic E-state index is -3.09. The molecule has 1 aromatic rings. The first-order valence-corrected chi connectivity index (χ1v) is 8.40. The number of thiophene rings is 1. The molecule has 4 nitrogen and oxygen atoms in total. The van der Waals surface area contributed by atoms with Crippen LogP contribution in [0.2, 0.25) is 0 Å². The molecule has 0 atom stereocenters. The quantitative estimate of drug-likeness (QED) is 0.803. The van der Waals surface area contributed by atoms with Crippen LogP contribution < -0.4 is 5.32 Å². The molecular weight excluding hydrogens is 324 g/mol. The second kappa shape index (κ2) is 6.29. The summed E-state index contributed by atoms with van der Waals surface area (Å²) in [4.78, 5) is 2.44. The number of nitrogens with zero attached hydrogens (tertiary/aromatic N) is 1. The van der Waals surface area contributed by atoms with E-state index in [0.717, 1.165) is 4.47 Å². The third kappa shape index (κ3) is 4.67. The van der Waals surface area contributed by atoms with E-state index in [1.165, 1.54) is 14.1 Å². The number of sulfonamides is 1. The maximum absolute atomic E-state index is 11.5. The Hall–Kier alpha value is 0.0500. The zero-order valence-corrected chi connectivity index (χ0v) is 13.4. The highest BCUT2D eigenvalue weighted by atomic mass is 79.9. The molecule has 0 amide bonds. The molecule has 1 aromatic heterocycles. The Bertz CT molecular complexity index is 449. The monoisotopic (exact) mass is 340 g/mol. The molecule has 0 aliphatic rings. The van der Waals surface area contributed by atoms with Gasteiger partial charge < -0.3 is 5.32 Å². The lowest BCUT2D eigenvalue weighted by Gasteiger charge is -2.11. The van der Waals surface area contributed by atoms with Gasteiger partial charge in [0, 0.05) is 41.4 Å². The molecule has 0 bridgehead atoms. The van der Waals surface area contributed by atoms with Crippen molar-refractivity contribution in [3.63, 3.8) is 0 Å². The highest BCUT2D eigenvalue weighted by Gasteiger charge is 2.12. The molecule has 1 rings (SSSR count). The van der Waals surface area contributed by atoms with Gasteiger partial charge in [0.05, 0.1) is 5.75 Å². The van der Waals surface area contributed by atoms with E-state index in [1.54, 1.807) is 25.4 Å². The summed E-state index contributed by atoms with van der Waals surface area (Å²) < 4.78 is 25.3. The van der Waals surface area contributed by atoms with Crippen molar-refractivity contribution < 1.29 is 8.42 Å². The Morgan fingerprint density at radius 3 is 2.59 bits per heavy atom. The average Bonchev–Trinajstić information content (AvgIpc) is 2.53. The third-order valence-corrected chi connectivity index (χ3v) is 6.27. The van der Waals surface area contributed by atoms with Gasteiger partial charge in [-0.25, -0.2) is 12.7 Å². The van der Waals surface area contributed by atoms with Crippen LogP contribution in [0.4, 0.5) is 0 Å². The van der Waals surface area contributed by atoms with Crippen molar-refractivity contribution in [1.29, 1.82) is 0 Å². The van der Waals surface area contributed by atoms with Gasteiger partial charge in [-0.1, -0.05) is 0 Å². The fourth-order valence-electron chi connectivity index (χ4n) is 1.20. The van der Waals surface area contributed by atoms with Crippen molar-refractivity contribution in [1.82, 2.24) is 9.62 Å². The predicted octanol–water partition coefficient (Wildman–Crippen LogP) is 1.80. The Morgan fingerprint density at radius 1 is 1.47 bits per heavy atom. The Labute approximate surface area is 115 Å². The summed E-state index contributed by atoms with van der Waals surface area (Å²) >= 11 is 5.17. The summed E-state index contributed by atoms with van der Waals surface area (Å²) in [6.07, 6.45) is 0. The lowest BCUT2D eigenvalue weighted by Crippen LogP contribution is -2.30. The predicted molar refractivity (Wildman–Crippen MR) is 75.9 cm³/mol. The first kappa shape index (κ1) is 15.1. The molecule has 0 saturated carbocycles. The number of nitrogens with one attached hydrogen (secondary N) is 1. The van der Waals surface area contributed by atoms with Gasteiger partial charge in [0.1, 0.15) is 0 Å². The number of hydrogen-bond acceptors (Lipinski definition) is 4. The molecular formula is C10H17BrN2O2S2. The smallest absolute Gasteiger partial charge is 0.214 e. The van der Waals surface area contributed by atoms with Gasteiger partial charge in [-0.05, 0) is 28.9 Å². The zero-order chi connectivity index (χ0) is 13.1. The number of rotatable bonds is 6. The van der Waals surface area contributed by atoms with Crippen LogP contribution in [0.1, 0.15) is 9.75 Å². The molecule has 0 aliphatic carbocycles. The molecule has 1 N–H and O–H groups in total. The van der Waals surface area contributed by atoms with E-state index in [9.17, 15) is 8.42 Å². The highest BCUT2D eigenvalue weighted by molar-refractivity contribution is 9.10. The Balaban J connectivity index is 2.34. The molecule has 0 saturated heterocycles. The molecule has 0 aromatic carbocycles. The minimum absolute atomic E-state index is 0.130. The van der Waals surface area contributed by atoms with Gasteiger partial charge in [0.25, 0.3) is 0 Å². The van der Waals surface area contributed by atoms with Crippen LogP contribution in [0.3, 0.4) is 0 Å². The molecule has 0 unspecified atom stereocenters. The van der Waals surface area contributed by atoms with Crippen molar-refractivity contribution in [2.45, 2.75) is 13.5 Å². The van der Waals surface area contributed by atoms with Crippen LogP contribution in [0.25, 0.3) is 0 Å². The summed E-state index contributed by atoms with van der Waals surface area (Å²) in [5.74, 6) is 0.130. The minimum Gasteiger partial charge on any atom is -0.311 e. The summed E-state index contributed by atoms with van der Waals surface area (Å²) in [7, 11) is 0.0107. The van der Waals surface area contributed by atoms with E-state index >= 15 is 0 Å². The van der Waals surface area contributed by atoms with E-state index in [-0.39, 0.29) is 5.75 Å². The van der Waals surface area contributed by atoms with Crippen LogP contribution in [0.15, 0.2) is 10.5 Å². The Kier molecular flexibility index (Phi) is 5.59. The lowest BCUT2D eigenvalue weighted by molar-refractivity contribution is 0.517. The molecule has 1 heterocycles. The van der Waals surface area contributed by atoms with Crippen molar-refractivity contribution in [3.05, 3.63) is 20.3 Å². The van der Waals surface area contributed by atoms with Crippen molar-refractivity contribution in [2.24, 2.45) is 0 Å². The average molecular weight is 341 g/mol. The maximum atomic E-state index is 11.5. The second-order valence-corrected chi connectivity index (χ2v) is 8.39. The highest BCUT2D eigenvalue weighted by Crippen LogP contribution is 2.25. The summed E-state index contributed by atoms with van der Waals surface area (Å²) in [6, 6.07) is 2.06. The van der Waals surface area contributed by atoms with Crippen LogP contribution in [0, 0.1) is 6.92 Å².